The predicted octanol–water partition coefficient (Wildman–Crippen LogP) is 2.03. The van der Waals surface area contributed by atoms with Gasteiger partial charge in [-0.15, -0.1) is 0 Å². The highest BCUT2D eigenvalue weighted by molar-refractivity contribution is 7.90. The molecule has 144 valence electrons. The summed E-state index contributed by atoms with van der Waals surface area (Å²) in [6.45, 7) is 1.79. The number of rotatable bonds is 7. The van der Waals surface area contributed by atoms with Crippen LogP contribution < -0.4 is 14.8 Å². The summed E-state index contributed by atoms with van der Waals surface area (Å²) in [6, 6.07) is 2.93. The maximum absolute atomic E-state index is 12.5. The van der Waals surface area contributed by atoms with Crippen LogP contribution in [0.25, 0.3) is 0 Å². The lowest BCUT2D eigenvalue weighted by atomic mass is 10.1. The molecule has 0 saturated heterocycles. The number of carbonyl (C=O) groups excluding carboxylic acids is 2. The van der Waals surface area contributed by atoms with Gasteiger partial charge in [-0.2, -0.15) is 13.4 Å². The van der Waals surface area contributed by atoms with E-state index in [0.29, 0.717) is 6.42 Å². The Morgan fingerprint density at radius 1 is 1.30 bits per heavy atom. The average molecular weight is 414 g/mol. The van der Waals surface area contributed by atoms with Crippen LogP contribution >= 0.6 is 11.6 Å². The zero-order chi connectivity index (χ0) is 20.0. The number of amides is 2. The van der Waals surface area contributed by atoms with E-state index < -0.39 is 26.9 Å². The molecule has 0 unspecified atom stereocenters. The minimum absolute atomic E-state index is 0.0165. The molecule has 0 aliphatic heterocycles. The first-order valence-corrected chi connectivity index (χ1v) is 9.53. The average Bonchev–Trinajstić information content (AvgIpc) is 2.60. The maximum Gasteiger partial charge on any atom is 0.335 e. The van der Waals surface area contributed by atoms with Gasteiger partial charge in [-0.1, -0.05) is 18.5 Å². The van der Waals surface area contributed by atoms with E-state index in [1.165, 1.54) is 31.5 Å². The van der Waals surface area contributed by atoms with Gasteiger partial charge < -0.3 is 4.74 Å². The Bertz CT molecular complexity index is 967. The molecule has 12 heteroatoms. The Kier molecular flexibility index (Phi) is 6.64. The van der Waals surface area contributed by atoms with Crippen LogP contribution in [0, 0.1) is 0 Å². The summed E-state index contributed by atoms with van der Waals surface area (Å²) >= 11 is 5.76. The Hall–Kier alpha value is -2.79. The molecule has 27 heavy (non-hydrogen) atoms. The number of anilines is 1. The van der Waals surface area contributed by atoms with Crippen molar-refractivity contribution in [3.63, 3.8) is 0 Å². The fourth-order valence-corrected chi connectivity index (χ4v) is 3.27. The number of ketones is 1. The number of sulfonamides is 1. The highest BCUT2D eigenvalue weighted by Crippen LogP contribution is 2.17. The van der Waals surface area contributed by atoms with Crippen molar-refractivity contribution in [3.05, 3.63) is 35.1 Å². The second-order valence-corrected chi connectivity index (χ2v) is 7.13. The molecule has 2 rings (SSSR count). The molecule has 0 aliphatic carbocycles. The van der Waals surface area contributed by atoms with Crippen LogP contribution in [-0.2, 0) is 10.0 Å². The van der Waals surface area contributed by atoms with E-state index in [0.717, 1.165) is 0 Å². The lowest BCUT2D eigenvalue weighted by Gasteiger charge is -2.10. The molecular formula is C15H16ClN5O5S. The fourth-order valence-electron chi connectivity index (χ4n) is 2.03. The molecule has 0 aliphatic rings. The number of ether oxygens (including phenoxy) is 1. The van der Waals surface area contributed by atoms with Crippen molar-refractivity contribution < 1.29 is 22.7 Å². The first-order chi connectivity index (χ1) is 12.8. The first-order valence-electron chi connectivity index (χ1n) is 7.67. The molecule has 0 aromatic carbocycles. The largest absolute Gasteiger partial charge is 0.481 e. The second-order valence-electron chi connectivity index (χ2n) is 5.15. The number of nitrogens with zero attached hydrogens (tertiary/aromatic N) is 3. The summed E-state index contributed by atoms with van der Waals surface area (Å²) in [5.74, 6) is -0.588. The monoisotopic (exact) mass is 413 g/mol. The number of aromatic nitrogens is 3. The van der Waals surface area contributed by atoms with E-state index in [1.54, 1.807) is 11.6 Å². The van der Waals surface area contributed by atoms with Crippen LogP contribution in [0.3, 0.4) is 0 Å². The third kappa shape index (κ3) is 5.34. The van der Waals surface area contributed by atoms with Crippen LogP contribution in [0.15, 0.2) is 29.4 Å². The first kappa shape index (κ1) is 20.5. The summed E-state index contributed by atoms with van der Waals surface area (Å²) in [5, 5.41) is 1.57. The molecule has 2 heterocycles. The molecule has 10 nitrogen and oxygen atoms in total. The standard InChI is InChI=1S/C15H16ClN5O5S/c1-3-5-10(22)9-6-4-7-17-13(9)27(24,25)21-15(23)20-14-18-11(16)8-12(19-14)26-2/h4,6-8H,3,5H2,1-2H3,(H2,18,19,20,21,23). The summed E-state index contributed by atoms with van der Waals surface area (Å²) in [4.78, 5) is 35.4. The summed E-state index contributed by atoms with van der Waals surface area (Å²) < 4.78 is 31.6. The van der Waals surface area contributed by atoms with Crippen molar-refractivity contribution in [2.24, 2.45) is 0 Å². The zero-order valence-corrected chi connectivity index (χ0v) is 16.0. The number of Topliss-reactive ketones (excluding diaryl/α,β-unsaturated/α-hetero) is 1. The smallest absolute Gasteiger partial charge is 0.335 e. The Balaban J connectivity index is 2.23. The molecule has 0 saturated carbocycles. The minimum atomic E-state index is -4.41. The van der Waals surface area contributed by atoms with Gasteiger partial charge in [0.05, 0.1) is 12.7 Å². The van der Waals surface area contributed by atoms with Crippen LogP contribution in [-0.4, -0.2) is 42.3 Å². The van der Waals surface area contributed by atoms with Gasteiger partial charge in [0.1, 0.15) is 5.15 Å². The molecule has 0 atom stereocenters. The number of urea groups is 1. The van der Waals surface area contributed by atoms with E-state index >= 15 is 0 Å². The van der Waals surface area contributed by atoms with E-state index in [1.807, 2.05) is 0 Å². The van der Waals surface area contributed by atoms with Gasteiger partial charge in [-0.05, 0) is 18.6 Å². The van der Waals surface area contributed by atoms with E-state index in [4.69, 9.17) is 16.3 Å². The highest BCUT2D eigenvalue weighted by atomic mass is 35.5. The van der Waals surface area contributed by atoms with Crippen molar-refractivity contribution in [2.75, 3.05) is 12.4 Å². The normalized spacial score (nSPS) is 10.9. The number of methoxy groups -OCH3 is 1. The molecule has 2 aromatic heterocycles. The second kappa shape index (κ2) is 8.73. The van der Waals surface area contributed by atoms with Crippen LogP contribution in [0.5, 0.6) is 5.88 Å². The van der Waals surface area contributed by atoms with Gasteiger partial charge in [0.25, 0.3) is 10.0 Å². The van der Waals surface area contributed by atoms with Gasteiger partial charge >= 0.3 is 6.03 Å². The van der Waals surface area contributed by atoms with Crippen molar-refractivity contribution in [3.8, 4) is 5.88 Å². The number of halogens is 1. The molecule has 0 spiro atoms. The Labute approximate surface area is 160 Å². The Morgan fingerprint density at radius 3 is 2.70 bits per heavy atom. The minimum Gasteiger partial charge on any atom is -0.481 e. The molecule has 0 bridgehead atoms. The quantitative estimate of drug-likeness (QED) is 0.518. The maximum atomic E-state index is 12.5. The van der Waals surface area contributed by atoms with Crippen molar-refractivity contribution in [2.45, 2.75) is 24.8 Å². The van der Waals surface area contributed by atoms with Crippen molar-refractivity contribution in [1.82, 2.24) is 19.7 Å². The number of hydrogen-bond donors (Lipinski definition) is 2. The molecule has 2 amide bonds. The highest BCUT2D eigenvalue weighted by Gasteiger charge is 2.26. The van der Waals surface area contributed by atoms with Crippen LogP contribution in [0.2, 0.25) is 5.15 Å². The SMILES string of the molecule is CCCC(=O)c1cccnc1S(=O)(=O)NC(=O)Nc1nc(Cl)cc(OC)n1. The van der Waals surface area contributed by atoms with E-state index in [9.17, 15) is 18.0 Å². The van der Waals surface area contributed by atoms with Gasteiger partial charge in [-0.3, -0.25) is 10.1 Å². The van der Waals surface area contributed by atoms with Gasteiger partial charge in [0.15, 0.2) is 10.8 Å². The third-order valence-electron chi connectivity index (χ3n) is 3.14. The molecule has 0 fully saturated rings. The Morgan fingerprint density at radius 2 is 2.04 bits per heavy atom. The molecule has 0 radical (unpaired) electrons. The lowest BCUT2D eigenvalue weighted by Crippen LogP contribution is -2.36. The van der Waals surface area contributed by atoms with E-state index in [-0.39, 0.29) is 29.0 Å². The number of hydrogen-bond acceptors (Lipinski definition) is 8. The third-order valence-corrected chi connectivity index (χ3v) is 4.62. The summed E-state index contributed by atoms with van der Waals surface area (Å²) in [5.41, 5.74) is -0.0969. The zero-order valence-electron chi connectivity index (χ0n) is 14.4. The number of nitrogens with one attached hydrogen (secondary N) is 2. The van der Waals surface area contributed by atoms with Crippen molar-refractivity contribution >= 4 is 39.4 Å². The van der Waals surface area contributed by atoms with Crippen LogP contribution in [0.4, 0.5) is 10.7 Å². The van der Waals surface area contributed by atoms with Crippen molar-refractivity contribution in [1.29, 1.82) is 0 Å². The van der Waals surface area contributed by atoms with Crippen LogP contribution in [0.1, 0.15) is 30.1 Å². The van der Waals surface area contributed by atoms with E-state index in [2.05, 4.69) is 20.3 Å². The summed E-state index contributed by atoms with van der Waals surface area (Å²) in [6.07, 6.45) is 1.89. The number of pyridine rings is 1. The topological polar surface area (TPSA) is 140 Å². The molecule has 2 N–H and O–H groups in total. The van der Waals surface area contributed by atoms with Gasteiger partial charge in [0.2, 0.25) is 11.8 Å². The number of carbonyl (C=O) groups is 2. The predicted molar refractivity (Wildman–Crippen MR) is 96.4 cm³/mol. The van der Waals surface area contributed by atoms with Gasteiger partial charge in [0, 0.05) is 18.7 Å². The van der Waals surface area contributed by atoms with Gasteiger partial charge in [-0.25, -0.2) is 19.5 Å². The fraction of sp³-hybridized carbons (Fsp3) is 0.267. The molecule has 2 aromatic rings. The lowest BCUT2D eigenvalue weighted by molar-refractivity contribution is 0.0977. The summed E-state index contributed by atoms with van der Waals surface area (Å²) in [7, 11) is -3.08. The molecular weight excluding hydrogens is 398 g/mol.